The van der Waals surface area contributed by atoms with Gasteiger partial charge in [0.25, 0.3) is 0 Å². The topological polar surface area (TPSA) is 49.4 Å². The van der Waals surface area contributed by atoms with Crippen molar-refractivity contribution in [2.45, 2.75) is 45.4 Å². The van der Waals surface area contributed by atoms with Crippen LogP contribution in [0.3, 0.4) is 0 Å². The Morgan fingerprint density at radius 3 is 2.56 bits per heavy atom. The smallest absolute Gasteiger partial charge is 0.226 e. The van der Waals surface area contributed by atoms with E-state index in [1.54, 1.807) is 0 Å². The minimum atomic E-state index is -0.0451. The van der Waals surface area contributed by atoms with Gasteiger partial charge in [0.15, 0.2) is 0 Å². The lowest BCUT2D eigenvalue weighted by atomic mass is 10.1. The molecular formula is C14H24N2O2. The van der Waals surface area contributed by atoms with E-state index in [9.17, 15) is 9.59 Å². The van der Waals surface area contributed by atoms with Crippen LogP contribution in [0.4, 0.5) is 0 Å². The number of carbonyl (C=O) groups is 2. The molecule has 4 heteroatoms. The Hall–Kier alpha value is -1.06. The second-order valence-electron chi connectivity index (χ2n) is 5.48. The number of nitrogens with zero attached hydrogens (tertiary/aromatic N) is 1. The summed E-state index contributed by atoms with van der Waals surface area (Å²) in [5.74, 6) is 0.227. The van der Waals surface area contributed by atoms with Gasteiger partial charge in [-0.25, -0.2) is 0 Å². The highest BCUT2D eigenvalue weighted by Gasteiger charge is 2.49. The first kappa shape index (κ1) is 13.4. The van der Waals surface area contributed by atoms with Crippen molar-refractivity contribution in [2.75, 3.05) is 19.6 Å². The first-order valence-electron chi connectivity index (χ1n) is 7.30. The van der Waals surface area contributed by atoms with Gasteiger partial charge in [-0.3, -0.25) is 9.59 Å². The van der Waals surface area contributed by atoms with Crippen molar-refractivity contribution in [2.24, 2.45) is 11.8 Å². The summed E-state index contributed by atoms with van der Waals surface area (Å²) in [6, 6.07) is 0. The molecule has 2 atom stereocenters. The van der Waals surface area contributed by atoms with Gasteiger partial charge in [-0.15, -0.1) is 0 Å². The van der Waals surface area contributed by atoms with Crippen molar-refractivity contribution < 1.29 is 9.59 Å². The molecule has 0 bridgehead atoms. The summed E-state index contributed by atoms with van der Waals surface area (Å²) in [7, 11) is 0. The molecule has 18 heavy (non-hydrogen) atoms. The van der Waals surface area contributed by atoms with Crippen molar-refractivity contribution in [3.63, 3.8) is 0 Å². The highest BCUT2D eigenvalue weighted by atomic mass is 16.2. The maximum Gasteiger partial charge on any atom is 0.226 e. The molecule has 2 unspecified atom stereocenters. The van der Waals surface area contributed by atoms with Gasteiger partial charge in [0.2, 0.25) is 11.8 Å². The van der Waals surface area contributed by atoms with Crippen LogP contribution in [0.2, 0.25) is 0 Å². The predicted octanol–water partition coefficient (Wildman–Crippen LogP) is 1.55. The molecule has 2 fully saturated rings. The largest absolute Gasteiger partial charge is 0.356 e. The summed E-state index contributed by atoms with van der Waals surface area (Å²) < 4.78 is 0. The quantitative estimate of drug-likeness (QED) is 0.755. The Morgan fingerprint density at radius 2 is 1.89 bits per heavy atom. The molecule has 1 saturated heterocycles. The molecule has 0 radical (unpaired) electrons. The predicted molar refractivity (Wildman–Crippen MR) is 69.9 cm³/mol. The molecule has 0 aromatic carbocycles. The molecule has 102 valence electrons. The number of piperidine rings is 1. The number of hydrogen-bond acceptors (Lipinski definition) is 2. The Morgan fingerprint density at radius 1 is 1.17 bits per heavy atom. The second kappa shape index (κ2) is 6.21. The number of nitrogens with one attached hydrogen (secondary N) is 1. The van der Waals surface area contributed by atoms with Crippen molar-refractivity contribution in [3.05, 3.63) is 0 Å². The Bertz CT molecular complexity index is 311. The summed E-state index contributed by atoms with van der Waals surface area (Å²) >= 11 is 0. The molecule has 1 aliphatic heterocycles. The van der Waals surface area contributed by atoms with Crippen LogP contribution in [-0.2, 0) is 9.59 Å². The Kier molecular flexibility index (Phi) is 4.61. The van der Waals surface area contributed by atoms with Crippen molar-refractivity contribution in [3.8, 4) is 0 Å². The third kappa shape index (κ3) is 3.24. The Balaban J connectivity index is 1.72. The molecule has 1 heterocycles. The van der Waals surface area contributed by atoms with Crippen LogP contribution >= 0.6 is 0 Å². The summed E-state index contributed by atoms with van der Waals surface area (Å²) in [4.78, 5) is 25.9. The molecule has 1 saturated carbocycles. The number of amides is 2. The van der Waals surface area contributed by atoms with Gasteiger partial charge in [0, 0.05) is 19.6 Å². The van der Waals surface area contributed by atoms with E-state index in [0.29, 0.717) is 0 Å². The molecule has 2 rings (SSSR count). The van der Waals surface area contributed by atoms with Crippen molar-refractivity contribution >= 4 is 11.8 Å². The molecule has 0 aromatic heterocycles. The second-order valence-corrected chi connectivity index (χ2v) is 5.48. The molecule has 4 nitrogen and oxygen atoms in total. The van der Waals surface area contributed by atoms with Gasteiger partial charge in [0.05, 0.1) is 11.8 Å². The van der Waals surface area contributed by atoms with Gasteiger partial charge in [0.1, 0.15) is 0 Å². The van der Waals surface area contributed by atoms with Crippen LogP contribution in [0.25, 0.3) is 0 Å². The third-order valence-corrected chi connectivity index (χ3v) is 3.94. The zero-order valence-corrected chi connectivity index (χ0v) is 11.3. The summed E-state index contributed by atoms with van der Waals surface area (Å²) in [5, 5.41) is 2.92. The van der Waals surface area contributed by atoms with E-state index >= 15 is 0 Å². The van der Waals surface area contributed by atoms with E-state index in [1.807, 2.05) is 4.90 Å². The molecule has 1 aliphatic carbocycles. The molecule has 2 amide bonds. The highest BCUT2D eigenvalue weighted by Crippen LogP contribution is 2.40. The highest BCUT2D eigenvalue weighted by molar-refractivity contribution is 5.92. The maximum absolute atomic E-state index is 12.2. The summed E-state index contributed by atoms with van der Waals surface area (Å²) in [6.45, 7) is 4.63. The van der Waals surface area contributed by atoms with Crippen molar-refractivity contribution in [1.29, 1.82) is 0 Å². The normalized spacial score (nSPS) is 26.8. The lowest BCUT2D eigenvalue weighted by Gasteiger charge is -2.26. The van der Waals surface area contributed by atoms with Crippen LogP contribution in [0.15, 0.2) is 0 Å². The van der Waals surface area contributed by atoms with Crippen LogP contribution in [0.1, 0.15) is 45.4 Å². The fourth-order valence-electron chi connectivity index (χ4n) is 2.63. The van der Waals surface area contributed by atoms with Crippen LogP contribution < -0.4 is 5.32 Å². The third-order valence-electron chi connectivity index (χ3n) is 3.94. The summed E-state index contributed by atoms with van der Waals surface area (Å²) in [6.07, 6.45) is 6.32. The van der Waals surface area contributed by atoms with Crippen molar-refractivity contribution in [1.82, 2.24) is 10.2 Å². The lowest BCUT2D eigenvalue weighted by molar-refractivity contribution is -0.135. The lowest BCUT2D eigenvalue weighted by Crippen LogP contribution is -2.38. The van der Waals surface area contributed by atoms with E-state index in [4.69, 9.17) is 0 Å². The monoisotopic (exact) mass is 252 g/mol. The van der Waals surface area contributed by atoms with E-state index in [-0.39, 0.29) is 23.7 Å². The number of hydrogen-bond donors (Lipinski definition) is 1. The number of likely N-dealkylation sites (tertiary alicyclic amines) is 1. The zero-order chi connectivity index (χ0) is 13.0. The van der Waals surface area contributed by atoms with Crippen LogP contribution in [-0.4, -0.2) is 36.3 Å². The first-order chi connectivity index (χ1) is 8.74. The van der Waals surface area contributed by atoms with Gasteiger partial charge in [-0.1, -0.05) is 13.3 Å². The molecule has 0 spiro atoms. The average molecular weight is 252 g/mol. The van der Waals surface area contributed by atoms with Crippen LogP contribution in [0, 0.1) is 11.8 Å². The number of carbonyl (C=O) groups excluding carboxylic acids is 2. The molecule has 0 aromatic rings. The fraction of sp³-hybridized carbons (Fsp3) is 0.857. The Labute approximate surface area is 109 Å². The maximum atomic E-state index is 12.2. The molecule has 1 N–H and O–H groups in total. The van der Waals surface area contributed by atoms with E-state index in [2.05, 4.69) is 12.2 Å². The van der Waals surface area contributed by atoms with Gasteiger partial charge in [-0.05, 0) is 32.1 Å². The SMILES string of the molecule is CCCCNC(=O)C1CC1C(=O)N1CCCCC1. The standard InChI is InChI=1S/C14H24N2O2/c1-2-3-7-15-13(17)11-10-12(11)14(18)16-8-5-4-6-9-16/h11-12H,2-10H2,1H3,(H,15,17). The van der Waals surface area contributed by atoms with Gasteiger partial charge >= 0.3 is 0 Å². The minimum Gasteiger partial charge on any atom is -0.356 e. The first-order valence-corrected chi connectivity index (χ1v) is 7.30. The fourth-order valence-corrected chi connectivity index (χ4v) is 2.63. The molecular weight excluding hydrogens is 228 g/mol. The zero-order valence-electron chi connectivity index (χ0n) is 11.3. The van der Waals surface area contributed by atoms with E-state index in [0.717, 1.165) is 51.7 Å². The summed E-state index contributed by atoms with van der Waals surface area (Å²) in [5.41, 5.74) is 0. The van der Waals surface area contributed by atoms with Gasteiger partial charge in [-0.2, -0.15) is 0 Å². The molecule has 2 aliphatic rings. The number of rotatable bonds is 5. The van der Waals surface area contributed by atoms with Gasteiger partial charge < -0.3 is 10.2 Å². The van der Waals surface area contributed by atoms with E-state index < -0.39 is 0 Å². The van der Waals surface area contributed by atoms with E-state index in [1.165, 1.54) is 6.42 Å². The average Bonchev–Trinajstić information content (AvgIpc) is 3.19. The van der Waals surface area contributed by atoms with Crippen LogP contribution in [0.5, 0.6) is 0 Å². The minimum absolute atomic E-state index is 0.0234. The number of unbranched alkanes of at least 4 members (excludes halogenated alkanes) is 1.